The Balaban J connectivity index is 1.35. The van der Waals surface area contributed by atoms with E-state index in [-0.39, 0.29) is 11.3 Å². The third-order valence-electron chi connectivity index (χ3n) is 6.86. The van der Waals surface area contributed by atoms with Crippen molar-refractivity contribution in [1.82, 2.24) is 15.0 Å². The Morgan fingerprint density at radius 3 is 3.00 bits per heavy atom. The summed E-state index contributed by atoms with van der Waals surface area (Å²) in [5.41, 5.74) is -0.0744. The number of hydrogen-bond donors (Lipinski definition) is 0. The molecule has 1 amide bonds. The van der Waals surface area contributed by atoms with Crippen LogP contribution in [0.1, 0.15) is 63.1 Å². The van der Waals surface area contributed by atoms with Crippen LogP contribution < -0.4 is 0 Å². The van der Waals surface area contributed by atoms with Crippen molar-refractivity contribution in [1.29, 1.82) is 0 Å². The van der Waals surface area contributed by atoms with E-state index in [2.05, 4.69) is 22.2 Å². The number of rotatable bonds is 4. The normalized spacial score (nSPS) is 34.5. The van der Waals surface area contributed by atoms with E-state index in [0.717, 1.165) is 62.8 Å². The van der Waals surface area contributed by atoms with Crippen molar-refractivity contribution in [3.05, 3.63) is 23.9 Å². The quantitative estimate of drug-likeness (QED) is 0.789. The van der Waals surface area contributed by atoms with Crippen molar-refractivity contribution in [3.63, 3.8) is 0 Å². The molecule has 2 heterocycles. The van der Waals surface area contributed by atoms with Crippen LogP contribution in [0.5, 0.6) is 0 Å². The van der Waals surface area contributed by atoms with Crippen LogP contribution in [0.3, 0.4) is 0 Å². The first kappa shape index (κ1) is 15.6. The first-order chi connectivity index (χ1) is 12.2. The van der Waals surface area contributed by atoms with E-state index in [9.17, 15) is 4.79 Å². The first-order valence-corrected chi connectivity index (χ1v) is 10.0. The van der Waals surface area contributed by atoms with E-state index in [1.54, 1.807) is 0 Å². The van der Waals surface area contributed by atoms with E-state index in [1.165, 1.54) is 25.7 Å². The van der Waals surface area contributed by atoms with Gasteiger partial charge in [0, 0.05) is 25.4 Å². The van der Waals surface area contributed by atoms with Crippen molar-refractivity contribution in [3.8, 4) is 0 Å². The third kappa shape index (κ3) is 2.72. The predicted molar refractivity (Wildman–Crippen MR) is 92.8 cm³/mol. The Bertz CT molecular complexity index is 693. The molecule has 1 aliphatic heterocycles. The second-order valence-corrected chi connectivity index (χ2v) is 8.61. The summed E-state index contributed by atoms with van der Waals surface area (Å²) in [4.78, 5) is 19.9. The number of amides is 1. The lowest BCUT2D eigenvalue weighted by Crippen LogP contribution is -2.38. The minimum Gasteiger partial charge on any atom is -0.341 e. The van der Waals surface area contributed by atoms with Gasteiger partial charge in [0.2, 0.25) is 11.8 Å². The van der Waals surface area contributed by atoms with Gasteiger partial charge < -0.3 is 9.42 Å². The van der Waals surface area contributed by atoms with Gasteiger partial charge in [0.05, 0.1) is 5.41 Å². The fourth-order valence-corrected chi connectivity index (χ4v) is 5.20. The van der Waals surface area contributed by atoms with Gasteiger partial charge in [-0.05, 0) is 56.8 Å². The molecule has 3 fully saturated rings. The molecule has 5 nitrogen and oxygen atoms in total. The van der Waals surface area contributed by atoms with Crippen molar-refractivity contribution in [2.75, 3.05) is 13.1 Å². The van der Waals surface area contributed by atoms with Crippen molar-refractivity contribution in [2.24, 2.45) is 17.8 Å². The van der Waals surface area contributed by atoms with Crippen LogP contribution >= 0.6 is 0 Å². The summed E-state index contributed by atoms with van der Waals surface area (Å²) in [5, 5.41) is 4.26. The van der Waals surface area contributed by atoms with E-state index in [0.29, 0.717) is 11.8 Å². The third-order valence-corrected chi connectivity index (χ3v) is 6.86. The zero-order valence-electron chi connectivity index (χ0n) is 14.8. The SMILES string of the molecule is O=C([C@H]1CC=CCC1)N1C[C@H]2CCC[C@@]2(c2nc(CC3CC3)no2)C1. The summed E-state index contributed by atoms with van der Waals surface area (Å²) < 4.78 is 5.75. The number of allylic oxidation sites excluding steroid dienone is 2. The highest BCUT2D eigenvalue weighted by Gasteiger charge is 2.55. The zero-order valence-corrected chi connectivity index (χ0v) is 14.8. The summed E-state index contributed by atoms with van der Waals surface area (Å²) in [6.07, 6.45) is 14.3. The Morgan fingerprint density at radius 1 is 1.28 bits per heavy atom. The lowest BCUT2D eigenvalue weighted by molar-refractivity contribution is -0.135. The van der Waals surface area contributed by atoms with E-state index < -0.39 is 0 Å². The van der Waals surface area contributed by atoms with Crippen LogP contribution in [-0.4, -0.2) is 34.0 Å². The molecule has 1 aromatic heterocycles. The minimum absolute atomic E-state index is 0.0744. The largest absolute Gasteiger partial charge is 0.341 e. The molecule has 25 heavy (non-hydrogen) atoms. The van der Waals surface area contributed by atoms with E-state index in [4.69, 9.17) is 9.51 Å². The molecule has 0 unspecified atom stereocenters. The average Bonchev–Trinajstić information content (AvgIpc) is 3.03. The lowest BCUT2D eigenvalue weighted by atomic mass is 9.80. The van der Waals surface area contributed by atoms with Crippen LogP contribution in [0.25, 0.3) is 0 Å². The van der Waals surface area contributed by atoms with Gasteiger partial charge >= 0.3 is 0 Å². The molecule has 0 N–H and O–H groups in total. The van der Waals surface area contributed by atoms with Crippen LogP contribution in [0, 0.1) is 17.8 Å². The number of nitrogens with zero attached hydrogens (tertiary/aromatic N) is 3. The molecule has 0 radical (unpaired) electrons. The highest BCUT2D eigenvalue weighted by molar-refractivity contribution is 5.79. The highest BCUT2D eigenvalue weighted by Crippen LogP contribution is 2.50. The standard InChI is InChI=1S/C20H27N3O2/c24-18(15-5-2-1-3-6-15)23-12-16-7-4-10-20(16,13-23)19-21-17(22-25-19)11-14-8-9-14/h1-2,14-16H,3-13H2/t15-,16+,20+/m0/s1. The molecule has 134 valence electrons. The molecule has 0 spiro atoms. The zero-order chi connectivity index (χ0) is 16.9. The molecule has 1 aromatic rings. The smallest absolute Gasteiger partial charge is 0.235 e. The van der Waals surface area contributed by atoms with Gasteiger partial charge in [-0.1, -0.05) is 23.7 Å². The Labute approximate surface area is 148 Å². The molecule has 2 saturated carbocycles. The molecule has 4 aliphatic rings. The fraction of sp³-hybridized carbons (Fsp3) is 0.750. The Morgan fingerprint density at radius 2 is 2.20 bits per heavy atom. The maximum atomic E-state index is 13.0. The molecule has 3 atom stereocenters. The van der Waals surface area contributed by atoms with Crippen molar-refractivity contribution < 1.29 is 9.32 Å². The van der Waals surface area contributed by atoms with Crippen LogP contribution in [0.4, 0.5) is 0 Å². The Hall–Kier alpha value is -1.65. The maximum absolute atomic E-state index is 13.0. The van der Waals surface area contributed by atoms with Gasteiger partial charge in [-0.3, -0.25) is 4.79 Å². The molecule has 5 rings (SSSR count). The van der Waals surface area contributed by atoms with Crippen LogP contribution in [-0.2, 0) is 16.6 Å². The first-order valence-electron chi connectivity index (χ1n) is 10.0. The molecular weight excluding hydrogens is 314 g/mol. The predicted octanol–water partition coefficient (Wildman–Crippen LogP) is 3.26. The molecule has 3 aliphatic carbocycles. The number of fused-ring (bicyclic) bond motifs is 1. The van der Waals surface area contributed by atoms with Crippen LogP contribution in [0.15, 0.2) is 16.7 Å². The summed E-state index contributed by atoms with van der Waals surface area (Å²) in [6, 6.07) is 0. The molecule has 0 bridgehead atoms. The second-order valence-electron chi connectivity index (χ2n) is 8.61. The molecule has 5 heteroatoms. The number of hydrogen-bond acceptors (Lipinski definition) is 4. The number of likely N-dealkylation sites (tertiary alicyclic amines) is 1. The Kier molecular flexibility index (Phi) is 3.72. The number of carbonyl (C=O) groups excluding carboxylic acids is 1. The molecule has 0 aromatic carbocycles. The average molecular weight is 341 g/mol. The van der Waals surface area contributed by atoms with Crippen molar-refractivity contribution in [2.45, 2.75) is 63.2 Å². The van der Waals surface area contributed by atoms with Gasteiger partial charge in [0.25, 0.3) is 0 Å². The van der Waals surface area contributed by atoms with E-state index >= 15 is 0 Å². The number of carbonyl (C=O) groups is 1. The van der Waals surface area contributed by atoms with Gasteiger partial charge in [-0.2, -0.15) is 4.98 Å². The summed E-state index contributed by atoms with van der Waals surface area (Å²) >= 11 is 0. The lowest BCUT2D eigenvalue weighted by Gasteiger charge is -2.27. The second kappa shape index (κ2) is 5.96. The van der Waals surface area contributed by atoms with E-state index in [1.807, 2.05) is 0 Å². The number of aromatic nitrogens is 2. The van der Waals surface area contributed by atoms with Gasteiger partial charge in [0.1, 0.15) is 0 Å². The highest BCUT2D eigenvalue weighted by atomic mass is 16.5. The fourth-order valence-electron chi connectivity index (χ4n) is 5.20. The topological polar surface area (TPSA) is 59.2 Å². The van der Waals surface area contributed by atoms with Crippen LogP contribution in [0.2, 0.25) is 0 Å². The maximum Gasteiger partial charge on any atom is 0.235 e. The summed E-state index contributed by atoms with van der Waals surface area (Å²) in [6.45, 7) is 1.65. The minimum atomic E-state index is -0.0744. The summed E-state index contributed by atoms with van der Waals surface area (Å²) in [7, 11) is 0. The monoisotopic (exact) mass is 341 g/mol. The molecule has 1 saturated heterocycles. The summed E-state index contributed by atoms with van der Waals surface area (Å²) in [5.74, 6) is 3.46. The van der Waals surface area contributed by atoms with Gasteiger partial charge in [-0.25, -0.2) is 0 Å². The molecular formula is C20H27N3O2. The van der Waals surface area contributed by atoms with Crippen molar-refractivity contribution >= 4 is 5.91 Å². The van der Waals surface area contributed by atoms with Gasteiger partial charge in [-0.15, -0.1) is 0 Å². The van der Waals surface area contributed by atoms with Gasteiger partial charge in [0.15, 0.2) is 5.82 Å².